The Morgan fingerprint density at radius 2 is 2.29 bits per heavy atom. The normalized spacial score (nSPS) is 12.4. The van der Waals surface area contributed by atoms with Crippen LogP contribution in [0.1, 0.15) is 18.9 Å². The van der Waals surface area contributed by atoms with Gasteiger partial charge in [-0.25, -0.2) is 4.98 Å². The topological polar surface area (TPSA) is 74.8 Å². The van der Waals surface area contributed by atoms with E-state index in [1.165, 1.54) is 0 Å². The number of aromatic nitrogens is 1. The van der Waals surface area contributed by atoms with Crippen molar-refractivity contribution in [1.82, 2.24) is 4.98 Å². The van der Waals surface area contributed by atoms with Gasteiger partial charge in [0.15, 0.2) is 5.58 Å². The Balaban J connectivity index is 2.49. The number of hydrogen-bond donors (Lipinski definition) is 0. The molecule has 0 aliphatic carbocycles. The Hall–Kier alpha value is -2.00. The molecule has 0 saturated heterocycles. The predicted octanol–water partition coefficient (Wildman–Crippen LogP) is 3.20. The van der Waals surface area contributed by atoms with E-state index < -0.39 is 0 Å². The zero-order valence-corrected chi connectivity index (χ0v) is 7.58. The van der Waals surface area contributed by atoms with Crippen LogP contribution in [0.15, 0.2) is 33.8 Å². The highest BCUT2D eigenvalue weighted by atomic mass is 16.3. The van der Waals surface area contributed by atoms with E-state index in [1.807, 2.05) is 24.3 Å². The summed E-state index contributed by atoms with van der Waals surface area (Å²) in [6, 6.07) is 7.06. The van der Waals surface area contributed by atoms with E-state index in [9.17, 15) is 0 Å². The predicted molar refractivity (Wildman–Crippen MR) is 51.6 cm³/mol. The summed E-state index contributed by atoms with van der Waals surface area (Å²) in [5.74, 6) is 0.448. The summed E-state index contributed by atoms with van der Waals surface area (Å²) in [6.45, 7) is 1.74. The maximum absolute atomic E-state index is 8.26. The second-order valence-corrected chi connectivity index (χ2v) is 2.90. The Kier molecular flexibility index (Phi) is 2.08. The summed E-state index contributed by atoms with van der Waals surface area (Å²) in [4.78, 5) is 6.91. The van der Waals surface area contributed by atoms with Gasteiger partial charge in [0.25, 0.3) is 0 Å². The summed E-state index contributed by atoms with van der Waals surface area (Å²) in [5, 5.41) is 3.51. The standard InChI is InChI=1S/C9H8N4O/c1-6(12-13-10)9-11-7-4-2-3-5-8(7)14-9/h2-6H,1H3/t6-/m1/s1. The van der Waals surface area contributed by atoms with Gasteiger partial charge in [-0.05, 0) is 24.6 Å². The molecule has 1 atom stereocenters. The minimum Gasteiger partial charge on any atom is -0.440 e. The van der Waals surface area contributed by atoms with Crippen molar-refractivity contribution in [2.24, 2.45) is 5.11 Å². The smallest absolute Gasteiger partial charge is 0.204 e. The number of hydrogen-bond acceptors (Lipinski definition) is 3. The van der Waals surface area contributed by atoms with E-state index in [0.717, 1.165) is 5.52 Å². The highest BCUT2D eigenvalue weighted by Crippen LogP contribution is 2.21. The Morgan fingerprint density at radius 3 is 3.00 bits per heavy atom. The van der Waals surface area contributed by atoms with Crippen LogP contribution in [-0.4, -0.2) is 4.98 Å². The first-order chi connectivity index (χ1) is 6.81. The molecule has 70 valence electrons. The molecule has 1 heterocycles. The SMILES string of the molecule is C[C@@H](N=[N+]=[N-])c1nc2ccccc2o1. The van der Waals surface area contributed by atoms with E-state index in [1.54, 1.807) is 6.92 Å². The molecule has 0 aliphatic heterocycles. The summed E-state index contributed by atoms with van der Waals surface area (Å²) in [6.07, 6.45) is 0. The molecular formula is C9H8N4O. The van der Waals surface area contributed by atoms with Crippen LogP contribution in [0.5, 0.6) is 0 Å². The number of azide groups is 1. The van der Waals surface area contributed by atoms with Gasteiger partial charge in [-0.3, -0.25) is 0 Å². The lowest BCUT2D eigenvalue weighted by atomic mass is 10.3. The van der Waals surface area contributed by atoms with Crippen LogP contribution in [0.3, 0.4) is 0 Å². The Labute approximate surface area is 80.0 Å². The number of nitrogens with zero attached hydrogens (tertiary/aromatic N) is 4. The van der Waals surface area contributed by atoms with E-state index in [0.29, 0.717) is 11.5 Å². The van der Waals surface area contributed by atoms with Crippen LogP contribution in [0.25, 0.3) is 21.5 Å². The zero-order valence-electron chi connectivity index (χ0n) is 7.58. The molecule has 0 bridgehead atoms. The molecule has 0 saturated carbocycles. The van der Waals surface area contributed by atoms with E-state index in [4.69, 9.17) is 9.95 Å². The van der Waals surface area contributed by atoms with Crippen molar-refractivity contribution < 1.29 is 4.42 Å². The molecule has 0 N–H and O–H groups in total. The fourth-order valence-corrected chi connectivity index (χ4v) is 1.20. The molecule has 14 heavy (non-hydrogen) atoms. The fraction of sp³-hybridized carbons (Fsp3) is 0.222. The van der Waals surface area contributed by atoms with Gasteiger partial charge in [0.2, 0.25) is 5.89 Å². The number of rotatable bonds is 2. The second-order valence-electron chi connectivity index (χ2n) is 2.90. The van der Waals surface area contributed by atoms with Gasteiger partial charge in [0, 0.05) is 4.91 Å². The highest BCUT2D eigenvalue weighted by Gasteiger charge is 2.10. The van der Waals surface area contributed by atoms with Crippen LogP contribution in [0, 0.1) is 0 Å². The van der Waals surface area contributed by atoms with Crippen LogP contribution in [-0.2, 0) is 0 Å². The van der Waals surface area contributed by atoms with Gasteiger partial charge < -0.3 is 4.42 Å². The van der Waals surface area contributed by atoms with Gasteiger partial charge in [0.1, 0.15) is 11.6 Å². The minimum absolute atomic E-state index is 0.368. The van der Waals surface area contributed by atoms with E-state index in [-0.39, 0.29) is 6.04 Å². The average Bonchev–Trinajstić information content (AvgIpc) is 2.61. The first-order valence-corrected chi connectivity index (χ1v) is 4.21. The Morgan fingerprint density at radius 1 is 1.50 bits per heavy atom. The van der Waals surface area contributed by atoms with Gasteiger partial charge in [-0.15, -0.1) is 0 Å². The first-order valence-electron chi connectivity index (χ1n) is 4.21. The van der Waals surface area contributed by atoms with Crippen LogP contribution in [0.2, 0.25) is 0 Å². The third-order valence-electron chi connectivity index (χ3n) is 1.89. The molecule has 2 rings (SSSR count). The third kappa shape index (κ3) is 1.41. The van der Waals surface area contributed by atoms with Crippen molar-refractivity contribution >= 4 is 11.1 Å². The van der Waals surface area contributed by atoms with Crippen LogP contribution < -0.4 is 0 Å². The summed E-state index contributed by atoms with van der Waals surface area (Å²) < 4.78 is 5.41. The second kappa shape index (κ2) is 3.40. The maximum atomic E-state index is 8.26. The number of oxazole rings is 1. The van der Waals surface area contributed by atoms with Gasteiger partial charge >= 0.3 is 0 Å². The van der Waals surface area contributed by atoms with E-state index >= 15 is 0 Å². The van der Waals surface area contributed by atoms with Crippen molar-refractivity contribution in [3.63, 3.8) is 0 Å². The maximum Gasteiger partial charge on any atom is 0.204 e. The number of benzene rings is 1. The third-order valence-corrected chi connectivity index (χ3v) is 1.89. The van der Waals surface area contributed by atoms with Crippen molar-refractivity contribution in [2.75, 3.05) is 0 Å². The lowest BCUT2D eigenvalue weighted by molar-refractivity contribution is 0.492. The molecular weight excluding hydrogens is 180 g/mol. The van der Waals surface area contributed by atoms with Crippen molar-refractivity contribution in [2.45, 2.75) is 13.0 Å². The fourth-order valence-electron chi connectivity index (χ4n) is 1.20. The monoisotopic (exact) mass is 188 g/mol. The van der Waals surface area contributed by atoms with Gasteiger partial charge in [-0.2, -0.15) is 0 Å². The van der Waals surface area contributed by atoms with Crippen LogP contribution >= 0.6 is 0 Å². The molecule has 1 aromatic heterocycles. The lowest BCUT2D eigenvalue weighted by Crippen LogP contribution is -1.86. The van der Waals surface area contributed by atoms with Gasteiger partial charge in [-0.1, -0.05) is 17.2 Å². The molecule has 5 heteroatoms. The lowest BCUT2D eigenvalue weighted by Gasteiger charge is -1.94. The molecule has 0 radical (unpaired) electrons. The highest BCUT2D eigenvalue weighted by molar-refractivity contribution is 5.72. The first kappa shape index (κ1) is 8.59. The molecule has 0 unspecified atom stereocenters. The van der Waals surface area contributed by atoms with Gasteiger partial charge in [0.05, 0.1) is 0 Å². The molecule has 5 nitrogen and oxygen atoms in total. The summed E-state index contributed by atoms with van der Waals surface area (Å²) in [7, 11) is 0. The molecule has 0 fully saturated rings. The zero-order chi connectivity index (χ0) is 9.97. The summed E-state index contributed by atoms with van der Waals surface area (Å²) >= 11 is 0. The average molecular weight is 188 g/mol. The molecule has 1 aromatic carbocycles. The van der Waals surface area contributed by atoms with Crippen molar-refractivity contribution in [1.29, 1.82) is 0 Å². The van der Waals surface area contributed by atoms with Crippen molar-refractivity contribution in [3.05, 3.63) is 40.6 Å². The summed E-state index contributed by atoms with van der Waals surface area (Å²) in [5.41, 5.74) is 9.75. The molecule has 0 spiro atoms. The van der Waals surface area contributed by atoms with Crippen molar-refractivity contribution in [3.8, 4) is 0 Å². The molecule has 0 aliphatic rings. The number of fused-ring (bicyclic) bond motifs is 1. The largest absolute Gasteiger partial charge is 0.440 e. The van der Waals surface area contributed by atoms with Crippen LogP contribution in [0.4, 0.5) is 0 Å². The quantitative estimate of drug-likeness (QED) is 0.412. The number of para-hydroxylation sites is 2. The molecule has 0 amide bonds. The molecule has 2 aromatic rings. The Bertz CT molecular complexity index is 465. The minimum atomic E-state index is -0.368. The van der Waals surface area contributed by atoms with E-state index in [2.05, 4.69) is 15.0 Å².